The van der Waals surface area contributed by atoms with Crippen LogP contribution in [0, 0.1) is 5.92 Å². The van der Waals surface area contributed by atoms with Gasteiger partial charge in [0.2, 0.25) is 0 Å². The summed E-state index contributed by atoms with van der Waals surface area (Å²) in [5.74, 6) is 0.765. The molecule has 0 aromatic heterocycles. The molecule has 0 aliphatic heterocycles. The summed E-state index contributed by atoms with van der Waals surface area (Å²) in [7, 11) is 0. The second-order valence-corrected chi connectivity index (χ2v) is 4.96. The standard InChI is InChI=1S/C13H27NO2/c1-3-16-11(2)9-14-10-13(15)8-12-6-4-5-7-12/h11-15H,3-10H2,1-2H3. The molecule has 3 nitrogen and oxygen atoms in total. The molecule has 0 radical (unpaired) electrons. The SMILES string of the molecule is CCOC(C)CNCC(O)CC1CCCC1. The van der Waals surface area contributed by atoms with Crippen molar-refractivity contribution in [2.24, 2.45) is 5.92 Å². The Morgan fingerprint density at radius 2 is 2.00 bits per heavy atom. The zero-order chi connectivity index (χ0) is 11.8. The highest BCUT2D eigenvalue weighted by atomic mass is 16.5. The molecule has 2 unspecified atom stereocenters. The van der Waals surface area contributed by atoms with Crippen LogP contribution in [0.25, 0.3) is 0 Å². The van der Waals surface area contributed by atoms with Gasteiger partial charge in [0.15, 0.2) is 0 Å². The van der Waals surface area contributed by atoms with Crippen molar-refractivity contribution in [3.8, 4) is 0 Å². The number of aliphatic hydroxyl groups excluding tert-OH is 1. The predicted octanol–water partition coefficient (Wildman–Crippen LogP) is 1.94. The average Bonchev–Trinajstić information content (AvgIpc) is 2.70. The Morgan fingerprint density at radius 1 is 1.31 bits per heavy atom. The predicted molar refractivity (Wildman–Crippen MR) is 66.5 cm³/mol. The Labute approximate surface area is 99.6 Å². The Hall–Kier alpha value is -0.120. The number of hydrogen-bond donors (Lipinski definition) is 2. The molecule has 0 heterocycles. The van der Waals surface area contributed by atoms with Crippen LogP contribution in [0.2, 0.25) is 0 Å². The summed E-state index contributed by atoms with van der Waals surface area (Å²) in [5.41, 5.74) is 0. The van der Waals surface area contributed by atoms with Gasteiger partial charge in [0.05, 0.1) is 12.2 Å². The van der Waals surface area contributed by atoms with Crippen molar-refractivity contribution >= 4 is 0 Å². The Bertz CT molecular complexity index is 169. The van der Waals surface area contributed by atoms with Crippen LogP contribution in [-0.2, 0) is 4.74 Å². The maximum Gasteiger partial charge on any atom is 0.0671 e. The number of aliphatic hydroxyl groups is 1. The Morgan fingerprint density at radius 3 is 2.62 bits per heavy atom. The van der Waals surface area contributed by atoms with Crippen molar-refractivity contribution in [1.82, 2.24) is 5.32 Å². The van der Waals surface area contributed by atoms with Crippen LogP contribution in [0.3, 0.4) is 0 Å². The van der Waals surface area contributed by atoms with Crippen molar-refractivity contribution in [1.29, 1.82) is 0 Å². The second-order valence-electron chi connectivity index (χ2n) is 4.96. The van der Waals surface area contributed by atoms with E-state index in [-0.39, 0.29) is 12.2 Å². The van der Waals surface area contributed by atoms with Crippen molar-refractivity contribution in [2.75, 3.05) is 19.7 Å². The third kappa shape index (κ3) is 5.83. The smallest absolute Gasteiger partial charge is 0.0671 e. The van der Waals surface area contributed by atoms with Gasteiger partial charge in [0.1, 0.15) is 0 Å². The molecule has 1 aliphatic rings. The molecular weight excluding hydrogens is 202 g/mol. The van der Waals surface area contributed by atoms with Crippen LogP contribution >= 0.6 is 0 Å². The first-order valence-corrected chi connectivity index (χ1v) is 6.72. The lowest BCUT2D eigenvalue weighted by atomic mass is 10.00. The van der Waals surface area contributed by atoms with Crippen LogP contribution in [0.5, 0.6) is 0 Å². The van der Waals surface area contributed by atoms with Crippen LogP contribution < -0.4 is 5.32 Å². The monoisotopic (exact) mass is 229 g/mol. The second kappa shape index (κ2) is 8.04. The first-order chi connectivity index (χ1) is 7.72. The van der Waals surface area contributed by atoms with E-state index in [1.807, 2.05) is 6.92 Å². The fourth-order valence-electron chi connectivity index (χ4n) is 2.51. The van der Waals surface area contributed by atoms with Crippen molar-refractivity contribution < 1.29 is 9.84 Å². The van der Waals surface area contributed by atoms with Gasteiger partial charge in [0, 0.05) is 19.7 Å². The molecule has 3 heteroatoms. The van der Waals surface area contributed by atoms with E-state index in [0.717, 1.165) is 25.5 Å². The fourth-order valence-corrected chi connectivity index (χ4v) is 2.51. The van der Waals surface area contributed by atoms with E-state index in [1.165, 1.54) is 25.7 Å². The molecule has 1 saturated carbocycles. The molecule has 1 aliphatic carbocycles. The number of ether oxygens (including phenoxy) is 1. The molecule has 0 aromatic carbocycles. The minimum atomic E-state index is -0.183. The van der Waals surface area contributed by atoms with E-state index in [9.17, 15) is 5.11 Å². The molecule has 0 spiro atoms. The molecule has 1 fully saturated rings. The summed E-state index contributed by atoms with van der Waals surface area (Å²) in [4.78, 5) is 0. The molecule has 1 rings (SSSR count). The Balaban J connectivity index is 1.98. The van der Waals surface area contributed by atoms with Gasteiger partial charge in [-0.3, -0.25) is 0 Å². The summed E-state index contributed by atoms with van der Waals surface area (Å²) in [5, 5.41) is 13.1. The van der Waals surface area contributed by atoms with Gasteiger partial charge in [-0.15, -0.1) is 0 Å². The third-order valence-electron chi connectivity index (χ3n) is 3.34. The van der Waals surface area contributed by atoms with Gasteiger partial charge < -0.3 is 15.2 Å². The quantitative estimate of drug-likeness (QED) is 0.668. The molecule has 96 valence electrons. The van der Waals surface area contributed by atoms with Crippen LogP contribution in [0.4, 0.5) is 0 Å². The molecule has 0 amide bonds. The zero-order valence-corrected chi connectivity index (χ0v) is 10.7. The Kier molecular flexibility index (Phi) is 7.01. The molecule has 2 atom stereocenters. The zero-order valence-electron chi connectivity index (χ0n) is 10.7. The van der Waals surface area contributed by atoms with E-state index >= 15 is 0 Å². The summed E-state index contributed by atoms with van der Waals surface area (Å²) in [6, 6.07) is 0. The lowest BCUT2D eigenvalue weighted by Crippen LogP contribution is -2.34. The number of rotatable bonds is 8. The number of hydrogen-bond acceptors (Lipinski definition) is 3. The summed E-state index contributed by atoms with van der Waals surface area (Å²) < 4.78 is 5.41. The van der Waals surface area contributed by atoms with E-state index < -0.39 is 0 Å². The number of nitrogens with one attached hydrogen (secondary N) is 1. The van der Waals surface area contributed by atoms with Gasteiger partial charge in [0.25, 0.3) is 0 Å². The van der Waals surface area contributed by atoms with Crippen LogP contribution in [0.1, 0.15) is 46.0 Å². The molecule has 0 bridgehead atoms. The molecule has 0 saturated heterocycles. The van der Waals surface area contributed by atoms with E-state index in [0.29, 0.717) is 6.54 Å². The van der Waals surface area contributed by atoms with E-state index in [1.54, 1.807) is 0 Å². The highest BCUT2D eigenvalue weighted by Gasteiger charge is 2.18. The molecular formula is C13H27NO2. The molecule has 16 heavy (non-hydrogen) atoms. The summed E-state index contributed by atoms with van der Waals surface area (Å²) >= 11 is 0. The van der Waals surface area contributed by atoms with Gasteiger partial charge >= 0.3 is 0 Å². The maximum absolute atomic E-state index is 9.85. The van der Waals surface area contributed by atoms with Crippen LogP contribution in [0.15, 0.2) is 0 Å². The molecule has 0 aromatic rings. The largest absolute Gasteiger partial charge is 0.392 e. The minimum Gasteiger partial charge on any atom is -0.392 e. The van der Waals surface area contributed by atoms with E-state index in [2.05, 4.69) is 12.2 Å². The van der Waals surface area contributed by atoms with Crippen molar-refractivity contribution in [3.63, 3.8) is 0 Å². The highest BCUT2D eigenvalue weighted by Crippen LogP contribution is 2.28. The summed E-state index contributed by atoms with van der Waals surface area (Å²) in [6.07, 6.45) is 6.35. The fraction of sp³-hybridized carbons (Fsp3) is 1.00. The minimum absolute atomic E-state index is 0.183. The molecule has 2 N–H and O–H groups in total. The van der Waals surface area contributed by atoms with Crippen molar-refractivity contribution in [2.45, 2.75) is 58.2 Å². The van der Waals surface area contributed by atoms with Gasteiger partial charge in [-0.25, -0.2) is 0 Å². The lowest BCUT2D eigenvalue weighted by Gasteiger charge is -2.17. The lowest BCUT2D eigenvalue weighted by molar-refractivity contribution is 0.0707. The normalized spacial score (nSPS) is 21.2. The summed E-state index contributed by atoms with van der Waals surface area (Å²) in [6.45, 7) is 6.35. The van der Waals surface area contributed by atoms with Gasteiger partial charge in [-0.2, -0.15) is 0 Å². The average molecular weight is 229 g/mol. The third-order valence-corrected chi connectivity index (χ3v) is 3.34. The van der Waals surface area contributed by atoms with Crippen molar-refractivity contribution in [3.05, 3.63) is 0 Å². The first-order valence-electron chi connectivity index (χ1n) is 6.72. The maximum atomic E-state index is 9.85. The van der Waals surface area contributed by atoms with Gasteiger partial charge in [-0.05, 0) is 26.2 Å². The van der Waals surface area contributed by atoms with Gasteiger partial charge in [-0.1, -0.05) is 25.7 Å². The highest BCUT2D eigenvalue weighted by molar-refractivity contribution is 4.72. The van der Waals surface area contributed by atoms with E-state index in [4.69, 9.17) is 4.74 Å². The first kappa shape index (κ1) is 13.9. The topological polar surface area (TPSA) is 41.5 Å². The van der Waals surface area contributed by atoms with Crippen LogP contribution in [-0.4, -0.2) is 37.0 Å².